The maximum Gasteiger partial charge on any atom is 0.494 e. The first-order valence-corrected chi connectivity index (χ1v) is 15.3. The van der Waals surface area contributed by atoms with E-state index in [4.69, 9.17) is 9.31 Å². The van der Waals surface area contributed by atoms with Gasteiger partial charge in [0.1, 0.15) is 0 Å². The van der Waals surface area contributed by atoms with Crippen LogP contribution in [-0.4, -0.2) is 88.7 Å². The molecule has 2 saturated heterocycles. The van der Waals surface area contributed by atoms with Crippen molar-refractivity contribution in [2.24, 2.45) is 0 Å². The lowest BCUT2D eigenvalue weighted by atomic mass is 9.66. The highest BCUT2D eigenvalue weighted by molar-refractivity contribution is 6.62. The number of hydrogen-bond acceptors (Lipinski definition) is 7. The van der Waals surface area contributed by atoms with E-state index < -0.39 is 0 Å². The molecule has 0 bridgehead atoms. The molecule has 7 nitrogen and oxygen atoms in total. The van der Waals surface area contributed by atoms with Crippen LogP contribution < -0.4 is 26.7 Å². The summed E-state index contributed by atoms with van der Waals surface area (Å²) >= 11 is 0. The van der Waals surface area contributed by atoms with E-state index in [9.17, 15) is 0 Å². The second kappa shape index (κ2) is 13.9. The monoisotopic (exact) mass is 511 g/mol. The van der Waals surface area contributed by atoms with Gasteiger partial charge in [-0.05, 0) is 36.7 Å². The molecular formula is C29H50BN5O2. The van der Waals surface area contributed by atoms with Gasteiger partial charge in [-0.15, -0.1) is 0 Å². The Morgan fingerprint density at radius 2 is 1.14 bits per heavy atom. The summed E-state index contributed by atoms with van der Waals surface area (Å²) in [5.41, 5.74) is 2.42. The fourth-order valence-electron chi connectivity index (χ4n) is 7.05. The highest BCUT2D eigenvalue weighted by Gasteiger charge is 2.61. The normalized spacial score (nSPS) is 26.6. The second-order valence-electron chi connectivity index (χ2n) is 11.7. The zero-order valence-electron chi connectivity index (χ0n) is 23.0. The van der Waals surface area contributed by atoms with E-state index in [-0.39, 0.29) is 18.3 Å². The van der Waals surface area contributed by atoms with Gasteiger partial charge < -0.3 is 30.6 Å². The highest BCUT2D eigenvalue weighted by Crippen LogP contribution is 2.53. The summed E-state index contributed by atoms with van der Waals surface area (Å²) in [6, 6.07) is 9.06. The van der Waals surface area contributed by atoms with E-state index in [1.165, 1.54) is 75.2 Å². The maximum atomic E-state index is 6.97. The molecule has 5 rings (SSSR count). The topological polar surface area (TPSA) is 69.8 Å². The first-order valence-electron chi connectivity index (χ1n) is 15.3. The second-order valence-corrected chi connectivity index (χ2v) is 11.7. The largest absolute Gasteiger partial charge is 0.494 e. The van der Waals surface area contributed by atoms with Crippen molar-refractivity contribution in [1.82, 2.24) is 26.2 Å². The van der Waals surface area contributed by atoms with Gasteiger partial charge >= 0.3 is 7.12 Å². The van der Waals surface area contributed by atoms with E-state index in [1.807, 2.05) is 0 Å². The van der Waals surface area contributed by atoms with Crippen molar-refractivity contribution in [3.8, 4) is 0 Å². The Kier molecular flexibility index (Phi) is 10.3. The Balaban J connectivity index is 1.24. The molecule has 206 valence electrons. The Labute approximate surface area is 225 Å². The third-order valence-electron chi connectivity index (χ3n) is 9.09. The Bertz CT molecular complexity index is 773. The zero-order valence-corrected chi connectivity index (χ0v) is 23.0. The van der Waals surface area contributed by atoms with E-state index in [1.54, 1.807) is 0 Å². The molecule has 37 heavy (non-hydrogen) atoms. The summed E-state index contributed by atoms with van der Waals surface area (Å²) in [5.74, 6) is 0. The van der Waals surface area contributed by atoms with Gasteiger partial charge in [0, 0.05) is 72.0 Å². The Morgan fingerprint density at radius 1 is 0.649 bits per heavy atom. The smallest absolute Gasteiger partial charge is 0.399 e. The molecule has 2 heterocycles. The molecular weight excluding hydrogens is 461 g/mol. The van der Waals surface area contributed by atoms with Crippen molar-refractivity contribution < 1.29 is 9.31 Å². The first-order chi connectivity index (χ1) is 18.3. The molecule has 4 fully saturated rings. The average Bonchev–Trinajstić information content (AvgIpc) is 3.20. The van der Waals surface area contributed by atoms with Crippen molar-refractivity contribution >= 4 is 12.6 Å². The van der Waals surface area contributed by atoms with Gasteiger partial charge in [-0.2, -0.15) is 0 Å². The minimum atomic E-state index is -0.220. The van der Waals surface area contributed by atoms with Crippen LogP contribution >= 0.6 is 0 Å². The van der Waals surface area contributed by atoms with Crippen LogP contribution in [0.5, 0.6) is 0 Å². The van der Waals surface area contributed by atoms with Crippen LogP contribution in [0.15, 0.2) is 24.3 Å². The lowest BCUT2D eigenvalue weighted by molar-refractivity contribution is -0.0923. The summed E-state index contributed by atoms with van der Waals surface area (Å²) in [4.78, 5) is 2.57. The molecule has 4 aliphatic rings. The van der Waals surface area contributed by atoms with Crippen LogP contribution in [0.25, 0.3) is 0 Å². The number of nitrogens with one attached hydrogen (secondary N) is 4. The molecule has 8 heteroatoms. The van der Waals surface area contributed by atoms with Gasteiger partial charge in [-0.1, -0.05) is 62.8 Å². The molecule has 2 saturated carbocycles. The number of fused-ring (bicyclic) bond motifs is 1. The van der Waals surface area contributed by atoms with Gasteiger partial charge in [-0.3, -0.25) is 4.90 Å². The number of rotatable bonds is 3. The third-order valence-corrected chi connectivity index (χ3v) is 9.09. The van der Waals surface area contributed by atoms with E-state index >= 15 is 0 Å². The molecule has 0 atom stereocenters. The predicted molar refractivity (Wildman–Crippen MR) is 152 cm³/mol. The molecule has 0 radical (unpaired) electrons. The minimum Gasteiger partial charge on any atom is -0.399 e. The molecule has 4 N–H and O–H groups in total. The first kappa shape index (κ1) is 27.6. The van der Waals surface area contributed by atoms with Gasteiger partial charge in [0.05, 0.1) is 11.2 Å². The van der Waals surface area contributed by atoms with E-state index in [0.29, 0.717) is 0 Å². The standard InChI is InChI=1S/C29H50BN5O2/c1-3-10-28(11-4-1)29(12-5-2-6-13-29)37-30(36-28)27-9-7-8-26(24-27)25-35-22-20-33-18-16-31-14-15-32-17-19-34-21-23-35/h7-9,24,31-34H,1-6,10-23,25H2. The molecule has 0 unspecified atom stereocenters. The molecule has 2 aliphatic heterocycles. The lowest BCUT2D eigenvalue weighted by Gasteiger charge is -2.48. The lowest BCUT2D eigenvalue weighted by Crippen LogP contribution is -2.53. The summed E-state index contributed by atoms with van der Waals surface area (Å²) in [6.45, 7) is 11.2. The SMILES string of the molecule is c1cc(CN2CCNCCNCCNCCNCC2)cc(B2OC3(CCCCC3)C3(CCCCC3)O2)c1. The minimum absolute atomic E-state index is 0.0686. The van der Waals surface area contributed by atoms with Gasteiger partial charge in [0.15, 0.2) is 0 Å². The summed E-state index contributed by atoms with van der Waals surface area (Å²) in [7, 11) is -0.220. The Hall–Kier alpha value is -0.995. The average molecular weight is 512 g/mol. The van der Waals surface area contributed by atoms with Crippen LogP contribution in [0.4, 0.5) is 0 Å². The molecule has 1 aromatic rings. The summed E-state index contributed by atoms with van der Waals surface area (Å²) in [5, 5.41) is 14.2. The van der Waals surface area contributed by atoms with Gasteiger partial charge in [-0.25, -0.2) is 0 Å². The van der Waals surface area contributed by atoms with Crippen molar-refractivity contribution in [3.63, 3.8) is 0 Å². The highest BCUT2D eigenvalue weighted by atomic mass is 16.7. The fourth-order valence-corrected chi connectivity index (χ4v) is 7.05. The Morgan fingerprint density at radius 3 is 1.65 bits per heavy atom. The van der Waals surface area contributed by atoms with E-state index in [0.717, 1.165) is 72.0 Å². The van der Waals surface area contributed by atoms with Gasteiger partial charge in [0.2, 0.25) is 0 Å². The maximum absolute atomic E-state index is 6.97. The van der Waals surface area contributed by atoms with Crippen LogP contribution in [0, 0.1) is 0 Å². The molecule has 2 aliphatic carbocycles. The number of hydrogen-bond donors (Lipinski definition) is 4. The number of nitrogens with zero attached hydrogens (tertiary/aromatic N) is 1. The molecule has 1 aromatic carbocycles. The number of benzene rings is 1. The fraction of sp³-hybridized carbons (Fsp3) is 0.793. The molecule has 0 aromatic heterocycles. The zero-order chi connectivity index (χ0) is 25.2. The summed E-state index contributed by atoms with van der Waals surface area (Å²) < 4.78 is 13.9. The van der Waals surface area contributed by atoms with Crippen molar-refractivity contribution in [1.29, 1.82) is 0 Å². The van der Waals surface area contributed by atoms with E-state index in [2.05, 4.69) is 50.4 Å². The van der Waals surface area contributed by atoms with Crippen LogP contribution in [-0.2, 0) is 15.9 Å². The predicted octanol–water partition coefficient (Wildman–Crippen LogP) is 2.01. The molecule has 0 amide bonds. The van der Waals surface area contributed by atoms with Crippen LogP contribution in [0.3, 0.4) is 0 Å². The van der Waals surface area contributed by atoms with Gasteiger partial charge in [0.25, 0.3) is 0 Å². The van der Waals surface area contributed by atoms with Crippen LogP contribution in [0.2, 0.25) is 0 Å². The summed E-state index contributed by atoms with van der Waals surface area (Å²) in [6.07, 6.45) is 12.5. The van der Waals surface area contributed by atoms with Crippen molar-refractivity contribution in [2.45, 2.75) is 82.0 Å². The molecule has 2 spiro atoms. The quantitative estimate of drug-likeness (QED) is 0.463. The van der Waals surface area contributed by atoms with Crippen molar-refractivity contribution in [3.05, 3.63) is 29.8 Å². The van der Waals surface area contributed by atoms with Crippen LogP contribution in [0.1, 0.15) is 69.8 Å². The third kappa shape index (κ3) is 7.15. The van der Waals surface area contributed by atoms with Crippen molar-refractivity contribution in [2.75, 3.05) is 65.4 Å².